The number of amides is 2. The summed E-state index contributed by atoms with van der Waals surface area (Å²) < 4.78 is 5.17. The Morgan fingerprint density at radius 1 is 1.00 bits per heavy atom. The minimum atomic E-state index is -0.102. The van der Waals surface area contributed by atoms with Gasteiger partial charge in [0.25, 0.3) is 5.91 Å². The van der Waals surface area contributed by atoms with E-state index in [0.29, 0.717) is 38.2 Å². The summed E-state index contributed by atoms with van der Waals surface area (Å²) >= 11 is 0. The molecule has 1 fully saturated rings. The van der Waals surface area contributed by atoms with E-state index in [1.165, 1.54) is 17.0 Å². The van der Waals surface area contributed by atoms with Crippen LogP contribution in [0.4, 0.5) is 0 Å². The highest BCUT2D eigenvalue weighted by atomic mass is 16.3. The van der Waals surface area contributed by atoms with Gasteiger partial charge in [-0.1, -0.05) is 36.4 Å². The summed E-state index contributed by atoms with van der Waals surface area (Å²) in [7, 11) is 0. The molecule has 2 amide bonds. The highest BCUT2D eigenvalue weighted by molar-refractivity contribution is 5.91. The number of nitrogens with one attached hydrogen (secondary N) is 1. The van der Waals surface area contributed by atoms with Crippen LogP contribution in [0.5, 0.6) is 0 Å². The van der Waals surface area contributed by atoms with E-state index in [2.05, 4.69) is 29.6 Å². The molecule has 5 nitrogen and oxygen atoms in total. The summed E-state index contributed by atoms with van der Waals surface area (Å²) in [5, 5.41) is 5.41. The van der Waals surface area contributed by atoms with Crippen molar-refractivity contribution in [3.63, 3.8) is 0 Å². The summed E-state index contributed by atoms with van der Waals surface area (Å²) in [5.74, 6) is 0.267. The molecule has 3 aromatic rings. The second-order valence-electron chi connectivity index (χ2n) is 6.94. The van der Waals surface area contributed by atoms with Crippen molar-refractivity contribution in [1.29, 1.82) is 0 Å². The molecule has 1 saturated heterocycles. The summed E-state index contributed by atoms with van der Waals surface area (Å²) in [6, 6.07) is 17.8. The predicted octanol–water partition coefficient (Wildman–Crippen LogP) is 3.60. The van der Waals surface area contributed by atoms with E-state index in [-0.39, 0.29) is 17.7 Å². The molecular weight excluding hydrogens is 340 g/mol. The van der Waals surface area contributed by atoms with E-state index in [0.717, 1.165) is 5.56 Å². The molecule has 0 atom stereocenters. The summed E-state index contributed by atoms with van der Waals surface area (Å²) in [5.41, 5.74) is 1.09. The number of benzene rings is 2. The van der Waals surface area contributed by atoms with E-state index in [4.69, 9.17) is 4.42 Å². The highest BCUT2D eigenvalue weighted by Crippen LogP contribution is 2.20. The number of nitrogens with zero attached hydrogens (tertiary/aromatic N) is 1. The maximum atomic E-state index is 12.5. The average molecular weight is 362 g/mol. The van der Waals surface area contributed by atoms with E-state index in [1.807, 2.05) is 18.2 Å². The molecule has 0 aliphatic carbocycles. The van der Waals surface area contributed by atoms with Crippen LogP contribution in [0.15, 0.2) is 65.3 Å². The van der Waals surface area contributed by atoms with Crippen LogP contribution in [0.25, 0.3) is 10.8 Å². The number of hydrogen-bond donors (Lipinski definition) is 1. The van der Waals surface area contributed by atoms with Crippen molar-refractivity contribution >= 4 is 22.6 Å². The van der Waals surface area contributed by atoms with Crippen LogP contribution < -0.4 is 5.32 Å². The van der Waals surface area contributed by atoms with Crippen LogP contribution in [0.3, 0.4) is 0 Å². The lowest BCUT2D eigenvalue weighted by Crippen LogP contribution is -2.42. The number of carbonyl (C=O) groups excluding carboxylic acids is 2. The van der Waals surface area contributed by atoms with Crippen LogP contribution in [-0.4, -0.2) is 29.8 Å². The molecule has 0 saturated carbocycles. The van der Waals surface area contributed by atoms with Gasteiger partial charge in [0, 0.05) is 25.6 Å². The quantitative estimate of drug-likeness (QED) is 0.771. The van der Waals surface area contributed by atoms with Gasteiger partial charge in [-0.25, -0.2) is 0 Å². The minimum absolute atomic E-state index is 0.0499. The van der Waals surface area contributed by atoms with Gasteiger partial charge in [-0.05, 0) is 47.4 Å². The molecule has 1 N–H and O–H groups in total. The molecular formula is C22H22N2O3. The molecule has 0 radical (unpaired) electrons. The van der Waals surface area contributed by atoms with Gasteiger partial charge in [0.05, 0.1) is 6.26 Å². The molecule has 2 aromatic carbocycles. The van der Waals surface area contributed by atoms with E-state index in [9.17, 15) is 9.59 Å². The molecule has 1 aliphatic rings. The number of likely N-dealkylation sites (tertiary alicyclic amines) is 1. The number of rotatable bonds is 4. The van der Waals surface area contributed by atoms with Gasteiger partial charge < -0.3 is 14.6 Å². The SMILES string of the molecule is O=C(NCc1ccc2ccccc2c1)C1CCN(C(=O)c2ccco2)CC1. The Morgan fingerprint density at radius 2 is 1.78 bits per heavy atom. The Labute approximate surface area is 158 Å². The summed E-state index contributed by atoms with van der Waals surface area (Å²) in [4.78, 5) is 26.5. The first-order chi connectivity index (χ1) is 13.2. The standard InChI is InChI=1S/C22H22N2O3/c25-21(23-15-16-7-8-17-4-1-2-5-19(17)14-16)18-9-11-24(12-10-18)22(26)20-6-3-13-27-20/h1-8,13-14,18H,9-12,15H2,(H,23,25). The van der Waals surface area contributed by atoms with Gasteiger partial charge in [0.15, 0.2) is 5.76 Å². The van der Waals surface area contributed by atoms with Crippen molar-refractivity contribution in [1.82, 2.24) is 10.2 Å². The number of furan rings is 1. The normalized spacial score (nSPS) is 15.0. The zero-order valence-electron chi connectivity index (χ0n) is 15.1. The molecule has 0 spiro atoms. The third kappa shape index (κ3) is 3.87. The third-order valence-corrected chi connectivity index (χ3v) is 5.17. The van der Waals surface area contributed by atoms with Crippen molar-refractivity contribution in [2.75, 3.05) is 13.1 Å². The van der Waals surface area contributed by atoms with Gasteiger partial charge in [0.2, 0.25) is 5.91 Å². The smallest absolute Gasteiger partial charge is 0.289 e. The maximum absolute atomic E-state index is 12.5. The lowest BCUT2D eigenvalue weighted by molar-refractivity contribution is -0.126. The largest absolute Gasteiger partial charge is 0.459 e. The van der Waals surface area contributed by atoms with Crippen LogP contribution in [0.2, 0.25) is 0 Å². The molecule has 1 aliphatic heterocycles. The minimum Gasteiger partial charge on any atom is -0.459 e. The first kappa shape index (κ1) is 17.3. The monoisotopic (exact) mass is 362 g/mol. The fourth-order valence-electron chi connectivity index (χ4n) is 3.58. The predicted molar refractivity (Wildman–Crippen MR) is 103 cm³/mol. The second-order valence-corrected chi connectivity index (χ2v) is 6.94. The van der Waals surface area contributed by atoms with Crippen molar-refractivity contribution in [3.05, 3.63) is 72.2 Å². The van der Waals surface area contributed by atoms with Gasteiger partial charge >= 0.3 is 0 Å². The lowest BCUT2D eigenvalue weighted by Gasteiger charge is -2.30. The highest BCUT2D eigenvalue weighted by Gasteiger charge is 2.28. The van der Waals surface area contributed by atoms with Crippen molar-refractivity contribution in [3.8, 4) is 0 Å². The molecule has 0 unspecified atom stereocenters. The number of fused-ring (bicyclic) bond motifs is 1. The van der Waals surface area contributed by atoms with Crippen LogP contribution in [0.1, 0.15) is 29.0 Å². The van der Waals surface area contributed by atoms with E-state index >= 15 is 0 Å². The van der Waals surface area contributed by atoms with Gasteiger partial charge in [-0.15, -0.1) is 0 Å². The zero-order chi connectivity index (χ0) is 18.6. The van der Waals surface area contributed by atoms with E-state index in [1.54, 1.807) is 17.0 Å². The van der Waals surface area contributed by atoms with Gasteiger partial charge in [0.1, 0.15) is 0 Å². The Morgan fingerprint density at radius 3 is 2.52 bits per heavy atom. The molecule has 2 heterocycles. The summed E-state index contributed by atoms with van der Waals surface area (Å²) in [6.07, 6.45) is 2.85. The van der Waals surface area contributed by atoms with Gasteiger partial charge in [-0.2, -0.15) is 0 Å². The Balaban J connectivity index is 1.29. The Kier molecular flexibility index (Phi) is 4.92. The molecule has 1 aromatic heterocycles. The number of piperidine rings is 1. The first-order valence-electron chi connectivity index (χ1n) is 9.29. The van der Waals surface area contributed by atoms with Crippen molar-refractivity contribution in [2.24, 2.45) is 5.92 Å². The Bertz CT molecular complexity index is 941. The number of hydrogen-bond acceptors (Lipinski definition) is 3. The van der Waals surface area contributed by atoms with Crippen LogP contribution in [-0.2, 0) is 11.3 Å². The molecule has 0 bridgehead atoms. The van der Waals surface area contributed by atoms with Crippen molar-refractivity contribution < 1.29 is 14.0 Å². The average Bonchev–Trinajstić information content (AvgIpc) is 3.26. The maximum Gasteiger partial charge on any atom is 0.289 e. The van der Waals surface area contributed by atoms with Gasteiger partial charge in [-0.3, -0.25) is 9.59 Å². The molecule has 4 rings (SSSR count). The van der Waals surface area contributed by atoms with Crippen LogP contribution in [0, 0.1) is 5.92 Å². The van der Waals surface area contributed by atoms with Crippen molar-refractivity contribution in [2.45, 2.75) is 19.4 Å². The van der Waals surface area contributed by atoms with E-state index < -0.39 is 0 Å². The molecule has 27 heavy (non-hydrogen) atoms. The fraction of sp³-hybridized carbons (Fsp3) is 0.273. The fourth-order valence-corrected chi connectivity index (χ4v) is 3.58. The number of carbonyl (C=O) groups is 2. The molecule has 138 valence electrons. The zero-order valence-corrected chi connectivity index (χ0v) is 15.1. The third-order valence-electron chi connectivity index (χ3n) is 5.17. The van der Waals surface area contributed by atoms with Crippen LogP contribution >= 0.6 is 0 Å². The Hall–Kier alpha value is -3.08. The lowest BCUT2D eigenvalue weighted by atomic mass is 9.95. The molecule has 5 heteroatoms. The second kappa shape index (κ2) is 7.66. The summed E-state index contributed by atoms with van der Waals surface area (Å²) in [6.45, 7) is 1.68. The first-order valence-corrected chi connectivity index (χ1v) is 9.29. The topological polar surface area (TPSA) is 62.6 Å².